The van der Waals surface area contributed by atoms with Crippen LogP contribution in [0.1, 0.15) is 39.5 Å². The third kappa shape index (κ3) is 2.99. The lowest BCUT2D eigenvalue weighted by atomic mass is 9.70. The number of ketones is 1. The predicted octanol–water partition coefficient (Wildman–Crippen LogP) is 1.66. The van der Waals surface area contributed by atoms with Gasteiger partial charge in [0.2, 0.25) is 21.8 Å². The zero-order valence-corrected chi connectivity index (χ0v) is 17.4. The second-order valence-electron chi connectivity index (χ2n) is 8.72. The molecule has 4 rings (SSSR count). The maximum Gasteiger partial charge on any atom is 0.233 e. The summed E-state index contributed by atoms with van der Waals surface area (Å²) >= 11 is 0. The molecule has 9 heteroatoms. The fourth-order valence-electron chi connectivity index (χ4n) is 5.21. The minimum atomic E-state index is -3.55. The Bertz CT molecular complexity index is 870. The van der Waals surface area contributed by atoms with Gasteiger partial charge >= 0.3 is 0 Å². The van der Waals surface area contributed by atoms with Gasteiger partial charge in [-0.05, 0) is 30.6 Å². The molecule has 0 aromatic carbocycles. The van der Waals surface area contributed by atoms with E-state index in [0.29, 0.717) is 43.5 Å². The van der Waals surface area contributed by atoms with E-state index in [-0.39, 0.29) is 29.6 Å². The summed E-state index contributed by atoms with van der Waals surface area (Å²) in [5.41, 5.74) is -0.998. The highest BCUT2D eigenvalue weighted by Gasteiger charge is 2.65. The highest BCUT2D eigenvalue weighted by Crippen LogP contribution is 2.64. The van der Waals surface area contributed by atoms with Crippen molar-refractivity contribution in [2.24, 2.45) is 16.7 Å². The first-order valence-corrected chi connectivity index (χ1v) is 11.3. The zero-order chi connectivity index (χ0) is 20.2. The second-order valence-corrected chi connectivity index (χ2v) is 10.7. The van der Waals surface area contributed by atoms with Gasteiger partial charge in [-0.1, -0.05) is 13.8 Å². The van der Waals surface area contributed by atoms with Crippen molar-refractivity contribution >= 4 is 15.8 Å². The predicted molar refractivity (Wildman–Crippen MR) is 102 cm³/mol. The minimum absolute atomic E-state index is 0.0859. The average Bonchev–Trinajstić information content (AvgIpc) is 3.26. The molecule has 3 unspecified atom stereocenters. The van der Waals surface area contributed by atoms with Crippen LogP contribution >= 0.6 is 0 Å². The summed E-state index contributed by atoms with van der Waals surface area (Å²) in [5.74, 6) is 1.07. The molecule has 154 valence electrons. The van der Waals surface area contributed by atoms with E-state index in [1.165, 1.54) is 11.4 Å². The first-order chi connectivity index (χ1) is 13.2. The molecule has 0 amide bonds. The van der Waals surface area contributed by atoms with Crippen molar-refractivity contribution in [2.45, 2.75) is 45.6 Å². The molecule has 2 aliphatic carbocycles. The Kier molecular flexibility index (Phi) is 4.65. The number of hydrogen-bond acceptors (Lipinski definition) is 7. The van der Waals surface area contributed by atoms with Gasteiger partial charge in [-0.2, -0.15) is 4.31 Å². The lowest BCUT2D eigenvalue weighted by molar-refractivity contribution is -0.128. The topological polar surface area (TPSA) is 98.7 Å². The van der Waals surface area contributed by atoms with Crippen molar-refractivity contribution in [3.05, 3.63) is 12.1 Å². The normalized spacial score (nSPS) is 32.0. The number of Topliss-reactive ketones (excluding diaryl/α,β-unsaturated/α-hetero) is 1. The largest absolute Gasteiger partial charge is 0.480 e. The van der Waals surface area contributed by atoms with Crippen LogP contribution in [0.2, 0.25) is 0 Å². The number of rotatable bonds is 6. The first kappa shape index (κ1) is 19.6. The minimum Gasteiger partial charge on any atom is -0.480 e. The number of fused-ring (bicyclic) bond motifs is 2. The fourth-order valence-corrected chi connectivity index (χ4v) is 7.47. The van der Waals surface area contributed by atoms with Gasteiger partial charge in [0.1, 0.15) is 11.9 Å². The van der Waals surface area contributed by atoms with E-state index in [0.717, 1.165) is 6.42 Å². The van der Waals surface area contributed by atoms with E-state index in [2.05, 4.69) is 24.0 Å². The number of hydrogen-bond donors (Lipinski definition) is 0. The molecule has 8 nitrogen and oxygen atoms in total. The number of sulfonamides is 1. The average molecular weight is 410 g/mol. The van der Waals surface area contributed by atoms with E-state index >= 15 is 0 Å². The van der Waals surface area contributed by atoms with Crippen molar-refractivity contribution in [3.8, 4) is 11.8 Å². The lowest BCUT2D eigenvalue weighted by Crippen LogP contribution is -2.46. The third-order valence-corrected chi connectivity index (χ3v) is 9.16. The fraction of sp³-hybridized carbons (Fsp3) is 0.737. The summed E-state index contributed by atoms with van der Waals surface area (Å²) in [6.45, 7) is 4.78. The summed E-state index contributed by atoms with van der Waals surface area (Å²) in [5, 5.41) is 7.79. The Morgan fingerprint density at radius 1 is 1.21 bits per heavy atom. The molecule has 1 aromatic heterocycles. The smallest absolute Gasteiger partial charge is 0.233 e. The number of ether oxygens (including phenoxy) is 2. The highest BCUT2D eigenvalue weighted by atomic mass is 32.2. The van der Waals surface area contributed by atoms with Crippen LogP contribution in [0.5, 0.6) is 11.8 Å². The molecule has 0 spiro atoms. The van der Waals surface area contributed by atoms with Crippen molar-refractivity contribution in [1.82, 2.24) is 14.5 Å². The number of carbonyl (C=O) groups excluding carboxylic acids is 1. The summed E-state index contributed by atoms with van der Waals surface area (Å²) < 4.78 is 38.5. The van der Waals surface area contributed by atoms with E-state index in [9.17, 15) is 13.2 Å². The molecule has 3 fully saturated rings. The molecule has 0 N–H and O–H groups in total. The van der Waals surface area contributed by atoms with Crippen molar-refractivity contribution in [1.29, 1.82) is 0 Å². The van der Waals surface area contributed by atoms with Crippen LogP contribution < -0.4 is 9.47 Å². The van der Waals surface area contributed by atoms with Crippen LogP contribution in [0.25, 0.3) is 0 Å². The van der Waals surface area contributed by atoms with Gasteiger partial charge in [0.15, 0.2) is 0 Å². The van der Waals surface area contributed by atoms with Crippen molar-refractivity contribution in [2.75, 3.05) is 26.0 Å². The van der Waals surface area contributed by atoms with Crippen molar-refractivity contribution < 1.29 is 22.7 Å². The van der Waals surface area contributed by atoms with Gasteiger partial charge < -0.3 is 9.47 Å². The summed E-state index contributed by atoms with van der Waals surface area (Å²) in [6, 6.07) is 3.30. The van der Waals surface area contributed by atoms with Gasteiger partial charge in [-0.3, -0.25) is 4.79 Å². The maximum absolute atomic E-state index is 13.2. The Hall–Kier alpha value is -1.74. The molecule has 1 aliphatic heterocycles. The Balaban J connectivity index is 1.44. The van der Waals surface area contributed by atoms with E-state index in [1.807, 2.05) is 0 Å². The Morgan fingerprint density at radius 3 is 2.50 bits per heavy atom. The standard InChI is InChI=1S/C19H27N3O5S/c1-18(2)13-6-8-19(18,15(23)10-13)12-28(24,25)22-9-7-14(11-22)27-17-5-4-16(26-3)20-21-17/h4-5,13-14H,6-12H2,1-3H3. The molecular formula is C19H27N3O5S. The van der Waals surface area contributed by atoms with E-state index in [4.69, 9.17) is 9.47 Å². The molecule has 2 bridgehead atoms. The van der Waals surface area contributed by atoms with Gasteiger partial charge in [0, 0.05) is 30.5 Å². The van der Waals surface area contributed by atoms with Gasteiger partial charge in [0.25, 0.3) is 0 Å². The molecule has 2 heterocycles. The summed E-state index contributed by atoms with van der Waals surface area (Å²) in [4.78, 5) is 12.7. The molecular weight excluding hydrogens is 382 g/mol. The summed E-state index contributed by atoms with van der Waals surface area (Å²) in [7, 11) is -2.04. The van der Waals surface area contributed by atoms with Crippen LogP contribution in [0, 0.1) is 16.7 Å². The SMILES string of the molecule is COc1ccc(OC2CCN(S(=O)(=O)CC34CCC(CC3=O)C4(C)C)C2)nn1. The second kappa shape index (κ2) is 6.66. The molecule has 2 saturated carbocycles. The van der Waals surface area contributed by atoms with Crippen LogP contribution in [0.3, 0.4) is 0 Å². The quantitative estimate of drug-likeness (QED) is 0.705. The third-order valence-electron chi connectivity index (χ3n) is 7.18. The number of methoxy groups -OCH3 is 1. The molecule has 28 heavy (non-hydrogen) atoms. The van der Waals surface area contributed by atoms with Crippen LogP contribution in [-0.2, 0) is 14.8 Å². The first-order valence-electron chi connectivity index (χ1n) is 9.73. The number of nitrogens with zero attached hydrogens (tertiary/aromatic N) is 3. The summed E-state index contributed by atoms with van der Waals surface area (Å²) in [6.07, 6.45) is 2.44. The molecule has 0 radical (unpaired) electrons. The maximum atomic E-state index is 13.2. The monoisotopic (exact) mass is 409 g/mol. The van der Waals surface area contributed by atoms with Crippen LogP contribution in [0.15, 0.2) is 12.1 Å². The van der Waals surface area contributed by atoms with Gasteiger partial charge in [-0.25, -0.2) is 8.42 Å². The zero-order valence-electron chi connectivity index (χ0n) is 16.6. The van der Waals surface area contributed by atoms with E-state index in [1.54, 1.807) is 12.1 Å². The molecule has 3 aliphatic rings. The molecule has 1 saturated heterocycles. The van der Waals surface area contributed by atoms with Crippen molar-refractivity contribution in [3.63, 3.8) is 0 Å². The number of carbonyl (C=O) groups is 1. The highest BCUT2D eigenvalue weighted by molar-refractivity contribution is 7.89. The Labute approximate surface area is 165 Å². The number of aromatic nitrogens is 2. The van der Waals surface area contributed by atoms with Crippen LogP contribution in [-0.4, -0.2) is 60.8 Å². The van der Waals surface area contributed by atoms with Gasteiger partial charge in [-0.15, -0.1) is 10.2 Å². The van der Waals surface area contributed by atoms with Gasteiger partial charge in [0.05, 0.1) is 19.4 Å². The van der Waals surface area contributed by atoms with Crippen LogP contribution in [0.4, 0.5) is 0 Å². The van der Waals surface area contributed by atoms with E-state index < -0.39 is 15.4 Å². The Morgan fingerprint density at radius 2 is 1.93 bits per heavy atom. The lowest BCUT2D eigenvalue weighted by Gasteiger charge is -2.37. The molecule has 3 atom stereocenters. The molecule has 1 aromatic rings.